The molecule has 0 radical (unpaired) electrons. The molecule has 0 bridgehead atoms. The Balaban J connectivity index is 4.16. The van der Waals surface area contributed by atoms with Gasteiger partial charge in [0.2, 0.25) is 0 Å². The van der Waals surface area contributed by atoms with Crippen molar-refractivity contribution in [2.24, 2.45) is 0 Å². The lowest BCUT2D eigenvalue weighted by Gasteiger charge is -2.37. The maximum absolute atomic E-state index is 10.2. The van der Waals surface area contributed by atoms with Gasteiger partial charge in [-0.15, -0.1) is 0 Å². The Morgan fingerprint density at radius 3 is 1.25 bits per heavy atom. The van der Waals surface area contributed by atoms with Crippen LogP contribution in [0.2, 0.25) is 0 Å². The Morgan fingerprint density at radius 2 is 0.958 bits per heavy atom. The second-order valence-electron chi connectivity index (χ2n) is 8.98. The van der Waals surface area contributed by atoms with Crippen LogP contribution in [-0.4, -0.2) is 85.8 Å². The third-order valence-corrected chi connectivity index (χ3v) is 5.00. The summed E-state index contributed by atoms with van der Waals surface area (Å²) >= 11 is 0. The number of aliphatic hydroxyl groups excluding tert-OH is 2. The SMILES string of the molecule is CCCCCC(O)C[N+](C)(C)CC[N+](C)(C)CC(O)CCCCC. The highest BCUT2D eigenvalue weighted by atomic mass is 16.3. The number of hydrogen-bond acceptors (Lipinski definition) is 2. The lowest BCUT2D eigenvalue weighted by molar-refractivity contribution is -0.948. The van der Waals surface area contributed by atoms with Crippen LogP contribution in [0.25, 0.3) is 0 Å². The largest absolute Gasteiger partial charge is 0.387 e. The summed E-state index contributed by atoms with van der Waals surface area (Å²) in [4.78, 5) is 0. The van der Waals surface area contributed by atoms with Gasteiger partial charge in [0.15, 0.2) is 0 Å². The van der Waals surface area contributed by atoms with Crippen LogP contribution >= 0.6 is 0 Å². The molecule has 2 N–H and O–H groups in total. The van der Waals surface area contributed by atoms with E-state index in [4.69, 9.17) is 0 Å². The van der Waals surface area contributed by atoms with Crippen LogP contribution in [0.5, 0.6) is 0 Å². The summed E-state index contributed by atoms with van der Waals surface area (Å²) in [6.07, 6.45) is 8.55. The Labute approximate surface area is 151 Å². The molecule has 2 atom stereocenters. The van der Waals surface area contributed by atoms with Gasteiger partial charge in [-0.2, -0.15) is 0 Å². The molecule has 0 aliphatic heterocycles. The predicted molar refractivity (Wildman–Crippen MR) is 104 cm³/mol. The van der Waals surface area contributed by atoms with Crippen molar-refractivity contribution >= 4 is 0 Å². The van der Waals surface area contributed by atoms with Gasteiger partial charge in [-0.05, 0) is 12.8 Å². The zero-order chi connectivity index (χ0) is 18.6. The minimum absolute atomic E-state index is 0.193. The van der Waals surface area contributed by atoms with Crippen molar-refractivity contribution in [1.29, 1.82) is 0 Å². The van der Waals surface area contributed by atoms with Crippen LogP contribution in [-0.2, 0) is 0 Å². The first kappa shape index (κ1) is 23.8. The third-order valence-electron chi connectivity index (χ3n) is 5.00. The quantitative estimate of drug-likeness (QED) is 0.353. The van der Waals surface area contributed by atoms with Gasteiger partial charge in [0.1, 0.15) is 38.4 Å². The van der Waals surface area contributed by atoms with E-state index in [1.54, 1.807) is 0 Å². The average Bonchev–Trinajstić information content (AvgIpc) is 2.45. The molecule has 0 spiro atoms. The van der Waals surface area contributed by atoms with E-state index < -0.39 is 0 Å². The highest BCUT2D eigenvalue weighted by Gasteiger charge is 2.27. The molecule has 0 heterocycles. The number of unbranched alkanes of at least 4 members (excludes halogenated alkanes) is 4. The van der Waals surface area contributed by atoms with E-state index in [1.807, 2.05) is 0 Å². The lowest BCUT2D eigenvalue weighted by Crippen LogP contribution is -2.54. The van der Waals surface area contributed by atoms with Gasteiger partial charge in [-0.25, -0.2) is 0 Å². The zero-order valence-electron chi connectivity index (χ0n) is 17.4. The smallest absolute Gasteiger partial charge is 0.128 e. The van der Waals surface area contributed by atoms with E-state index in [0.717, 1.165) is 60.8 Å². The number of rotatable bonds is 15. The van der Waals surface area contributed by atoms with Crippen molar-refractivity contribution in [2.45, 2.75) is 77.4 Å². The van der Waals surface area contributed by atoms with E-state index in [-0.39, 0.29) is 12.2 Å². The van der Waals surface area contributed by atoms with E-state index >= 15 is 0 Å². The molecule has 0 amide bonds. The van der Waals surface area contributed by atoms with E-state index in [1.165, 1.54) is 25.7 Å². The fourth-order valence-corrected chi connectivity index (χ4v) is 3.31. The molecule has 0 aliphatic rings. The Hall–Kier alpha value is -0.160. The van der Waals surface area contributed by atoms with Crippen molar-refractivity contribution in [3.8, 4) is 0 Å². The molecular formula is C20H46N2O2+2. The number of likely N-dealkylation sites (N-methyl/N-ethyl adjacent to an activating group) is 2. The lowest BCUT2D eigenvalue weighted by atomic mass is 10.1. The third kappa shape index (κ3) is 13.2. The molecule has 0 saturated heterocycles. The van der Waals surface area contributed by atoms with Crippen LogP contribution in [0.4, 0.5) is 0 Å². The monoisotopic (exact) mass is 346 g/mol. The van der Waals surface area contributed by atoms with Crippen molar-refractivity contribution < 1.29 is 19.2 Å². The number of aliphatic hydroxyl groups is 2. The van der Waals surface area contributed by atoms with Gasteiger partial charge < -0.3 is 19.2 Å². The molecule has 0 fully saturated rings. The van der Waals surface area contributed by atoms with Crippen molar-refractivity contribution in [2.75, 3.05) is 54.4 Å². The number of hydrogen-bond donors (Lipinski definition) is 2. The number of nitrogens with zero attached hydrogens (tertiary/aromatic N) is 2. The summed E-state index contributed by atoms with van der Waals surface area (Å²) in [6.45, 7) is 8.09. The average molecular weight is 347 g/mol. The highest BCUT2D eigenvalue weighted by molar-refractivity contribution is 4.57. The minimum Gasteiger partial charge on any atom is -0.387 e. The maximum atomic E-state index is 10.2. The van der Waals surface area contributed by atoms with E-state index in [0.29, 0.717) is 0 Å². The highest BCUT2D eigenvalue weighted by Crippen LogP contribution is 2.11. The van der Waals surface area contributed by atoms with Crippen LogP contribution in [0.15, 0.2) is 0 Å². The summed E-state index contributed by atoms with van der Waals surface area (Å²) in [7, 11) is 8.84. The molecule has 0 aliphatic carbocycles. The van der Waals surface area contributed by atoms with Gasteiger partial charge in [-0.1, -0.05) is 52.4 Å². The van der Waals surface area contributed by atoms with Crippen molar-refractivity contribution in [3.63, 3.8) is 0 Å². The van der Waals surface area contributed by atoms with Crippen molar-refractivity contribution in [1.82, 2.24) is 0 Å². The summed E-state index contributed by atoms with van der Waals surface area (Å²) in [5, 5.41) is 20.5. The maximum Gasteiger partial charge on any atom is 0.128 e. The molecule has 4 nitrogen and oxygen atoms in total. The van der Waals surface area contributed by atoms with E-state index in [2.05, 4.69) is 42.0 Å². The summed E-state index contributed by atoms with van der Waals surface area (Å²) in [5.41, 5.74) is 0. The van der Waals surface area contributed by atoms with Gasteiger partial charge in [-0.3, -0.25) is 0 Å². The molecule has 0 aromatic rings. The van der Waals surface area contributed by atoms with Crippen LogP contribution < -0.4 is 0 Å². The van der Waals surface area contributed by atoms with Crippen LogP contribution in [0.1, 0.15) is 65.2 Å². The first-order valence-electron chi connectivity index (χ1n) is 10.1. The van der Waals surface area contributed by atoms with Crippen LogP contribution in [0.3, 0.4) is 0 Å². The summed E-state index contributed by atoms with van der Waals surface area (Å²) in [5.74, 6) is 0. The molecule has 4 heteroatoms. The molecule has 146 valence electrons. The minimum atomic E-state index is -0.193. The second-order valence-corrected chi connectivity index (χ2v) is 8.98. The Kier molecular flexibility index (Phi) is 12.2. The van der Waals surface area contributed by atoms with Crippen molar-refractivity contribution in [3.05, 3.63) is 0 Å². The molecule has 0 saturated carbocycles. The van der Waals surface area contributed by atoms with Crippen LogP contribution in [0, 0.1) is 0 Å². The fourth-order valence-electron chi connectivity index (χ4n) is 3.31. The van der Waals surface area contributed by atoms with Gasteiger partial charge in [0.25, 0.3) is 0 Å². The normalized spacial score (nSPS) is 15.5. The molecule has 0 rings (SSSR count). The first-order valence-corrected chi connectivity index (χ1v) is 10.1. The second kappa shape index (κ2) is 12.2. The fraction of sp³-hybridized carbons (Fsp3) is 1.00. The van der Waals surface area contributed by atoms with Gasteiger partial charge in [0, 0.05) is 0 Å². The predicted octanol–water partition coefficient (Wildman–Crippen LogP) is 3.02. The topological polar surface area (TPSA) is 40.5 Å². The van der Waals surface area contributed by atoms with Gasteiger partial charge in [0.05, 0.1) is 28.2 Å². The molecule has 0 aromatic carbocycles. The molecular weight excluding hydrogens is 300 g/mol. The Morgan fingerprint density at radius 1 is 0.625 bits per heavy atom. The van der Waals surface area contributed by atoms with Gasteiger partial charge >= 0.3 is 0 Å². The zero-order valence-corrected chi connectivity index (χ0v) is 17.4. The summed E-state index contributed by atoms with van der Waals surface area (Å²) < 4.78 is 1.70. The molecule has 0 aromatic heterocycles. The van der Waals surface area contributed by atoms with E-state index in [9.17, 15) is 10.2 Å². The molecule has 24 heavy (non-hydrogen) atoms. The molecule has 2 unspecified atom stereocenters. The summed E-state index contributed by atoms with van der Waals surface area (Å²) in [6, 6.07) is 0. The standard InChI is InChI=1S/C20H46N2O2/c1-7-9-11-13-19(23)17-21(3,4)15-16-22(5,6)18-20(24)14-12-10-8-2/h19-20,23-24H,7-18H2,1-6H3/q+2. The first-order chi connectivity index (χ1) is 11.1. The Bertz CT molecular complexity index is 276. The number of quaternary nitrogens is 2.